The molecule has 1 atom stereocenters. The van der Waals surface area contributed by atoms with Gasteiger partial charge in [0.25, 0.3) is 0 Å². The molecule has 0 bridgehead atoms. The molecule has 2 aromatic carbocycles. The molecule has 4 nitrogen and oxygen atoms in total. The van der Waals surface area contributed by atoms with Gasteiger partial charge >= 0.3 is 5.97 Å². The Morgan fingerprint density at radius 1 is 1.12 bits per heavy atom. The molecule has 4 rings (SSSR count). The number of methoxy groups -OCH3 is 1. The second kappa shape index (κ2) is 6.45. The van der Waals surface area contributed by atoms with Crippen LogP contribution in [0.2, 0.25) is 0 Å². The van der Waals surface area contributed by atoms with E-state index in [9.17, 15) is 9.59 Å². The fraction of sp³-hybridized carbons (Fsp3) is 0.273. The zero-order valence-corrected chi connectivity index (χ0v) is 15.0. The number of fused-ring (bicyclic) bond motifs is 3. The van der Waals surface area contributed by atoms with Gasteiger partial charge in [-0.05, 0) is 30.0 Å². The van der Waals surface area contributed by atoms with Crippen LogP contribution < -0.4 is 0 Å². The number of Topliss-reactive ketones (excluding diaryl/α,β-unsaturated/α-hetero) is 1. The minimum absolute atomic E-state index is 0.118. The van der Waals surface area contributed by atoms with E-state index in [-0.39, 0.29) is 5.78 Å². The van der Waals surface area contributed by atoms with Crippen molar-refractivity contribution in [2.75, 3.05) is 7.11 Å². The molecular weight excluding hydrogens is 326 g/mol. The van der Waals surface area contributed by atoms with Crippen LogP contribution in [0.25, 0.3) is 10.9 Å². The van der Waals surface area contributed by atoms with Gasteiger partial charge < -0.3 is 9.30 Å². The zero-order valence-electron chi connectivity index (χ0n) is 15.0. The highest BCUT2D eigenvalue weighted by atomic mass is 16.5. The highest BCUT2D eigenvalue weighted by molar-refractivity contribution is 6.16. The number of rotatable bonds is 3. The lowest BCUT2D eigenvalue weighted by atomic mass is 9.86. The van der Waals surface area contributed by atoms with E-state index < -0.39 is 5.97 Å². The molecule has 1 aliphatic rings. The molecule has 0 spiro atoms. The highest BCUT2D eigenvalue weighted by Crippen LogP contribution is 2.36. The topological polar surface area (TPSA) is 48.3 Å². The van der Waals surface area contributed by atoms with Crippen LogP contribution >= 0.6 is 0 Å². The van der Waals surface area contributed by atoms with Crippen LogP contribution in [0.4, 0.5) is 0 Å². The van der Waals surface area contributed by atoms with Crippen molar-refractivity contribution in [2.24, 2.45) is 5.92 Å². The van der Waals surface area contributed by atoms with Crippen molar-refractivity contribution >= 4 is 22.7 Å². The van der Waals surface area contributed by atoms with E-state index in [1.165, 1.54) is 12.7 Å². The van der Waals surface area contributed by atoms with Crippen LogP contribution in [0.1, 0.15) is 45.3 Å². The Bertz CT molecular complexity index is 1000. The SMILES string of the molecule is COC(=O)c1cccc2c1c1c(n2Cc2ccccc2)CC(C)CC1=O. The Kier molecular flexibility index (Phi) is 4.11. The Labute approximate surface area is 152 Å². The number of esters is 1. The van der Waals surface area contributed by atoms with E-state index >= 15 is 0 Å². The number of aromatic nitrogens is 1. The molecule has 0 aliphatic heterocycles. The molecule has 0 saturated carbocycles. The Balaban J connectivity index is 2.01. The van der Waals surface area contributed by atoms with Gasteiger partial charge in [-0.25, -0.2) is 4.79 Å². The molecular formula is C22H21NO3. The van der Waals surface area contributed by atoms with Gasteiger partial charge in [0.15, 0.2) is 5.78 Å². The first kappa shape index (κ1) is 16.6. The summed E-state index contributed by atoms with van der Waals surface area (Å²) in [5.74, 6) is 0.0176. The lowest BCUT2D eigenvalue weighted by molar-refractivity contribution is 0.0603. The number of nitrogens with zero attached hydrogens (tertiary/aromatic N) is 1. The number of ketones is 1. The number of hydrogen-bond acceptors (Lipinski definition) is 3. The number of benzene rings is 2. The molecule has 132 valence electrons. The van der Waals surface area contributed by atoms with Gasteiger partial charge in [-0.1, -0.05) is 43.3 Å². The van der Waals surface area contributed by atoms with E-state index in [0.717, 1.165) is 23.0 Å². The van der Waals surface area contributed by atoms with Crippen molar-refractivity contribution in [2.45, 2.75) is 26.3 Å². The minimum Gasteiger partial charge on any atom is -0.465 e. The molecule has 3 aromatic rings. The van der Waals surface area contributed by atoms with Crippen LogP contribution in [0.3, 0.4) is 0 Å². The third-order valence-electron chi connectivity index (χ3n) is 5.14. The predicted molar refractivity (Wildman–Crippen MR) is 101 cm³/mol. The van der Waals surface area contributed by atoms with Crippen LogP contribution in [0, 0.1) is 5.92 Å². The molecule has 1 aliphatic carbocycles. The first-order chi connectivity index (χ1) is 12.6. The lowest BCUT2D eigenvalue weighted by Crippen LogP contribution is -2.20. The first-order valence-corrected chi connectivity index (χ1v) is 8.89. The number of carbonyl (C=O) groups excluding carboxylic acids is 2. The maximum atomic E-state index is 12.9. The molecule has 0 N–H and O–H groups in total. The summed E-state index contributed by atoms with van der Waals surface area (Å²) < 4.78 is 7.15. The predicted octanol–water partition coefficient (Wildman–Crippen LogP) is 4.24. The molecule has 26 heavy (non-hydrogen) atoms. The summed E-state index contributed by atoms with van der Waals surface area (Å²) in [6.45, 7) is 2.78. The summed E-state index contributed by atoms with van der Waals surface area (Å²) in [7, 11) is 1.37. The van der Waals surface area contributed by atoms with Gasteiger partial charge in [-0.2, -0.15) is 0 Å². The molecule has 1 unspecified atom stereocenters. The summed E-state index contributed by atoms with van der Waals surface area (Å²) in [6, 6.07) is 15.8. The van der Waals surface area contributed by atoms with Crippen molar-refractivity contribution in [1.29, 1.82) is 0 Å². The van der Waals surface area contributed by atoms with Crippen molar-refractivity contribution in [3.05, 3.63) is 70.9 Å². The second-order valence-corrected chi connectivity index (χ2v) is 7.02. The van der Waals surface area contributed by atoms with E-state index in [2.05, 4.69) is 23.6 Å². The average Bonchev–Trinajstić information content (AvgIpc) is 2.96. The van der Waals surface area contributed by atoms with Gasteiger partial charge in [0.05, 0.1) is 18.2 Å². The molecule has 0 saturated heterocycles. The average molecular weight is 347 g/mol. The Morgan fingerprint density at radius 3 is 2.62 bits per heavy atom. The summed E-state index contributed by atoms with van der Waals surface area (Å²) in [5, 5.41) is 0.738. The number of ether oxygens (including phenoxy) is 1. The van der Waals surface area contributed by atoms with Gasteiger partial charge in [-0.15, -0.1) is 0 Å². The van der Waals surface area contributed by atoms with Gasteiger partial charge in [0, 0.05) is 29.6 Å². The van der Waals surface area contributed by atoms with Gasteiger partial charge in [0.2, 0.25) is 0 Å². The standard InChI is InChI=1S/C22H21NO3/c1-14-11-18-21(19(24)12-14)20-16(22(25)26-2)9-6-10-17(20)23(18)13-15-7-4-3-5-8-15/h3-10,14H,11-13H2,1-2H3. The van der Waals surface area contributed by atoms with E-state index in [4.69, 9.17) is 4.74 Å². The third kappa shape index (κ3) is 2.62. The van der Waals surface area contributed by atoms with E-state index in [1.54, 1.807) is 6.07 Å². The zero-order chi connectivity index (χ0) is 18.3. The molecule has 1 aromatic heterocycles. The molecule has 0 amide bonds. The van der Waals surface area contributed by atoms with Gasteiger partial charge in [0.1, 0.15) is 0 Å². The molecule has 0 radical (unpaired) electrons. The van der Waals surface area contributed by atoms with E-state index in [1.807, 2.05) is 30.3 Å². The summed E-state index contributed by atoms with van der Waals surface area (Å²) in [4.78, 5) is 25.2. The molecule has 0 fully saturated rings. The molecule has 4 heteroatoms. The lowest BCUT2D eigenvalue weighted by Gasteiger charge is -2.20. The smallest absolute Gasteiger partial charge is 0.338 e. The minimum atomic E-state index is -0.401. The summed E-state index contributed by atoms with van der Waals surface area (Å²) >= 11 is 0. The fourth-order valence-electron chi connectivity index (χ4n) is 4.01. The highest BCUT2D eigenvalue weighted by Gasteiger charge is 2.31. The molecule has 1 heterocycles. The van der Waals surface area contributed by atoms with Crippen molar-refractivity contribution in [1.82, 2.24) is 4.57 Å². The van der Waals surface area contributed by atoms with E-state index in [0.29, 0.717) is 30.0 Å². The summed E-state index contributed by atoms with van der Waals surface area (Å²) in [5.41, 5.74) is 4.29. The van der Waals surface area contributed by atoms with Crippen molar-refractivity contribution in [3.63, 3.8) is 0 Å². The van der Waals surface area contributed by atoms with Crippen LogP contribution in [0.5, 0.6) is 0 Å². The maximum Gasteiger partial charge on any atom is 0.338 e. The van der Waals surface area contributed by atoms with Crippen LogP contribution in [-0.2, 0) is 17.7 Å². The van der Waals surface area contributed by atoms with Crippen molar-refractivity contribution < 1.29 is 14.3 Å². The van der Waals surface area contributed by atoms with Gasteiger partial charge in [-0.3, -0.25) is 4.79 Å². The second-order valence-electron chi connectivity index (χ2n) is 7.02. The normalized spacial score (nSPS) is 16.5. The Hall–Kier alpha value is -2.88. The van der Waals surface area contributed by atoms with Crippen LogP contribution in [-0.4, -0.2) is 23.4 Å². The number of hydrogen-bond donors (Lipinski definition) is 0. The Morgan fingerprint density at radius 2 is 1.88 bits per heavy atom. The first-order valence-electron chi connectivity index (χ1n) is 8.89. The maximum absolute atomic E-state index is 12.9. The van der Waals surface area contributed by atoms with Crippen molar-refractivity contribution in [3.8, 4) is 0 Å². The third-order valence-corrected chi connectivity index (χ3v) is 5.14. The largest absolute Gasteiger partial charge is 0.465 e. The number of carbonyl (C=O) groups is 2. The summed E-state index contributed by atoms with van der Waals surface area (Å²) in [6.07, 6.45) is 1.36. The quantitative estimate of drug-likeness (QED) is 0.666. The monoisotopic (exact) mass is 347 g/mol. The van der Waals surface area contributed by atoms with Crippen LogP contribution in [0.15, 0.2) is 48.5 Å². The fourth-order valence-corrected chi connectivity index (χ4v) is 4.01.